The second kappa shape index (κ2) is 7.14. The van der Waals surface area contributed by atoms with Gasteiger partial charge >= 0.3 is 0 Å². The fourth-order valence-corrected chi connectivity index (χ4v) is 2.30. The fourth-order valence-electron chi connectivity index (χ4n) is 2.30. The van der Waals surface area contributed by atoms with Crippen LogP contribution in [0.2, 0.25) is 0 Å². The summed E-state index contributed by atoms with van der Waals surface area (Å²) >= 11 is 0. The van der Waals surface area contributed by atoms with E-state index in [0.717, 1.165) is 26.1 Å². The summed E-state index contributed by atoms with van der Waals surface area (Å²) in [5.41, 5.74) is 6.31. The Balaban J connectivity index is 1.77. The molecule has 2 N–H and O–H groups in total. The molecule has 1 amide bonds. The van der Waals surface area contributed by atoms with E-state index >= 15 is 0 Å². The van der Waals surface area contributed by atoms with Crippen LogP contribution in [0.25, 0.3) is 0 Å². The van der Waals surface area contributed by atoms with Gasteiger partial charge in [-0.3, -0.25) is 4.79 Å². The Hall–Kier alpha value is -1.75. The number of likely N-dealkylation sites (N-methyl/N-ethyl adjacent to an activating group) is 1. The van der Waals surface area contributed by atoms with Gasteiger partial charge in [0.05, 0.1) is 12.3 Å². The van der Waals surface area contributed by atoms with Crippen LogP contribution in [0.1, 0.15) is 12.8 Å². The van der Waals surface area contributed by atoms with E-state index in [9.17, 15) is 4.79 Å². The van der Waals surface area contributed by atoms with Crippen LogP contribution >= 0.6 is 0 Å². The molecule has 110 valence electrons. The third kappa shape index (κ3) is 4.13. The van der Waals surface area contributed by atoms with E-state index in [-0.39, 0.29) is 12.5 Å². The van der Waals surface area contributed by atoms with Gasteiger partial charge in [0, 0.05) is 20.2 Å². The van der Waals surface area contributed by atoms with Crippen molar-refractivity contribution in [1.82, 2.24) is 4.90 Å². The molecule has 0 aliphatic carbocycles. The Morgan fingerprint density at radius 2 is 2.30 bits per heavy atom. The number of hydrogen-bond acceptors (Lipinski definition) is 4. The summed E-state index contributed by atoms with van der Waals surface area (Å²) in [5.74, 6) is 0.938. The van der Waals surface area contributed by atoms with Crippen molar-refractivity contribution in [1.29, 1.82) is 0 Å². The van der Waals surface area contributed by atoms with Crippen molar-refractivity contribution in [2.24, 2.45) is 5.92 Å². The first kappa shape index (κ1) is 14.7. The molecule has 1 atom stereocenters. The first-order valence-electron chi connectivity index (χ1n) is 6.96. The second-order valence-electron chi connectivity index (χ2n) is 5.18. The number of nitrogens with two attached hydrogens (primary N) is 1. The van der Waals surface area contributed by atoms with Gasteiger partial charge in [0.15, 0.2) is 6.61 Å². The molecular weight excluding hydrogens is 256 g/mol. The van der Waals surface area contributed by atoms with Gasteiger partial charge in [-0.25, -0.2) is 0 Å². The Kier molecular flexibility index (Phi) is 5.24. The van der Waals surface area contributed by atoms with E-state index in [0.29, 0.717) is 23.9 Å². The summed E-state index contributed by atoms with van der Waals surface area (Å²) in [4.78, 5) is 13.7. The van der Waals surface area contributed by atoms with Crippen molar-refractivity contribution in [3.05, 3.63) is 24.3 Å². The zero-order valence-corrected chi connectivity index (χ0v) is 11.9. The standard InChI is InChI=1S/C15H22N2O3/c1-17(9-12-5-4-8-19-10-12)15(18)11-20-14-7-3-2-6-13(14)16/h2-3,6-7,12H,4-5,8-11,16H2,1H3. The molecule has 2 rings (SSSR count). The molecular formula is C15H22N2O3. The number of para-hydroxylation sites is 2. The molecule has 1 aromatic carbocycles. The first-order chi connectivity index (χ1) is 9.66. The molecule has 0 spiro atoms. The SMILES string of the molecule is CN(CC1CCCOC1)C(=O)COc1ccccc1N. The summed E-state index contributed by atoms with van der Waals surface area (Å²) in [6.07, 6.45) is 2.19. The molecule has 20 heavy (non-hydrogen) atoms. The molecule has 1 aromatic rings. The highest BCUT2D eigenvalue weighted by molar-refractivity contribution is 5.77. The minimum atomic E-state index is -0.0428. The topological polar surface area (TPSA) is 64.8 Å². The average Bonchev–Trinajstić information content (AvgIpc) is 2.47. The van der Waals surface area contributed by atoms with Gasteiger partial charge in [-0.05, 0) is 30.9 Å². The number of ether oxygens (including phenoxy) is 2. The van der Waals surface area contributed by atoms with Crippen molar-refractivity contribution < 1.29 is 14.3 Å². The molecule has 5 nitrogen and oxygen atoms in total. The van der Waals surface area contributed by atoms with Gasteiger partial charge in [-0.15, -0.1) is 0 Å². The number of rotatable bonds is 5. The van der Waals surface area contributed by atoms with Crippen molar-refractivity contribution >= 4 is 11.6 Å². The maximum Gasteiger partial charge on any atom is 0.260 e. The highest BCUT2D eigenvalue weighted by atomic mass is 16.5. The third-order valence-corrected chi connectivity index (χ3v) is 3.48. The van der Waals surface area contributed by atoms with Crippen LogP contribution in [0.5, 0.6) is 5.75 Å². The molecule has 1 aliphatic rings. The summed E-state index contributed by atoms with van der Waals surface area (Å²) in [6.45, 7) is 2.30. The highest BCUT2D eigenvalue weighted by Gasteiger charge is 2.19. The molecule has 5 heteroatoms. The van der Waals surface area contributed by atoms with Crippen molar-refractivity contribution in [2.45, 2.75) is 12.8 Å². The van der Waals surface area contributed by atoms with Gasteiger partial charge in [-0.2, -0.15) is 0 Å². The van der Waals surface area contributed by atoms with E-state index in [4.69, 9.17) is 15.2 Å². The summed E-state index contributed by atoms with van der Waals surface area (Å²) < 4.78 is 10.9. The second-order valence-corrected chi connectivity index (χ2v) is 5.18. The van der Waals surface area contributed by atoms with E-state index < -0.39 is 0 Å². The Morgan fingerprint density at radius 1 is 1.50 bits per heavy atom. The number of amides is 1. The molecule has 1 unspecified atom stereocenters. The molecule has 1 aliphatic heterocycles. The van der Waals surface area contributed by atoms with E-state index in [1.807, 2.05) is 12.1 Å². The van der Waals surface area contributed by atoms with Gasteiger partial charge in [0.25, 0.3) is 5.91 Å². The summed E-state index contributed by atoms with van der Waals surface area (Å²) in [5, 5.41) is 0. The number of nitrogens with zero attached hydrogens (tertiary/aromatic N) is 1. The predicted molar refractivity (Wildman–Crippen MR) is 77.5 cm³/mol. The van der Waals surface area contributed by atoms with E-state index in [1.165, 1.54) is 0 Å². The van der Waals surface area contributed by atoms with Gasteiger partial charge in [0.1, 0.15) is 5.75 Å². The Bertz CT molecular complexity index is 444. The third-order valence-electron chi connectivity index (χ3n) is 3.48. The van der Waals surface area contributed by atoms with Crippen LogP contribution in [-0.4, -0.2) is 44.2 Å². The smallest absolute Gasteiger partial charge is 0.260 e. The van der Waals surface area contributed by atoms with Crippen molar-refractivity contribution in [3.8, 4) is 5.75 Å². The van der Waals surface area contributed by atoms with E-state index in [2.05, 4.69) is 0 Å². The zero-order valence-electron chi connectivity index (χ0n) is 11.9. The predicted octanol–water partition coefficient (Wildman–Crippen LogP) is 1.53. The minimum absolute atomic E-state index is 0.0122. The van der Waals surface area contributed by atoms with Gasteiger partial charge < -0.3 is 20.1 Å². The molecule has 1 heterocycles. The highest BCUT2D eigenvalue weighted by Crippen LogP contribution is 2.20. The molecule has 0 saturated carbocycles. The number of hydrogen-bond donors (Lipinski definition) is 1. The maximum atomic E-state index is 12.0. The van der Waals surface area contributed by atoms with Crippen LogP contribution in [0, 0.1) is 5.92 Å². The largest absolute Gasteiger partial charge is 0.482 e. The monoisotopic (exact) mass is 278 g/mol. The van der Waals surface area contributed by atoms with E-state index in [1.54, 1.807) is 24.1 Å². The zero-order chi connectivity index (χ0) is 14.4. The number of carbonyl (C=O) groups is 1. The molecule has 0 radical (unpaired) electrons. The molecule has 0 aromatic heterocycles. The lowest BCUT2D eigenvalue weighted by Crippen LogP contribution is -2.37. The van der Waals surface area contributed by atoms with Crippen molar-refractivity contribution in [3.63, 3.8) is 0 Å². The normalized spacial score (nSPS) is 18.6. The van der Waals surface area contributed by atoms with Gasteiger partial charge in [-0.1, -0.05) is 12.1 Å². The lowest BCUT2D eigenvalue weighted by Gasteiger charge is -2.27. The number of benzene rings is 1. The first-order valence-corrected chi connectivity index (χ1v) is 6.96. The minimum Gasteiger partial charge on any atom is -0.482 e. The summed E-state index contributed by atoms with van der Waals surface area (Å²) in [6, 6.07) is 7.18. The van der Waals surface area contributed by atoms with Crippen LogP contribution in [0.4, 0.5) is 5.69 Å². The molecule has 0 bridgehead atoms. The van der Waals surface area contributed by atoms with Gasteiger partial charge in [0.2, 0.25) is 0 Å². The Morgan fingerprint density at radius 3 is 3.00 bits per heavy atom. The number of carbonyl (C=O) groups excluding carboxylic acids is 1. The van der Waals surface area contributed by atoms with Crippen LogP contribution in [0.15, 0.2) is 24.3 Å². The molecule has 1 fully saturated rings. The number of anilines is 1. The lowest BCUT2D eigenvalue weighted by atomic mass is 10.0. The van der Waals surface area contributed by atoms with Crippen molar-refractivity contribution in [2.75, 3.05) is 39.1 Å². The Labute approximate surface area is 119 Å². The number of nitrogen functional groups attached to an aromatic ring is 1. The van der Waals surface area contributed by atoms with Crippen LogP contribution in [0.3, 0.4) is 0 Å². The quantitative estimate of drug-likeness (QED) is 0.830. The molecule has 1 saturated heterocycles. The summed E-state index contributed by atoms with van der Waals surface area (Å²) in [7, 11) is 1.80. The lowest BCUT2D eigenvalue weighted by molar-refractivity contribution is -0.133. The average molecular weight is 278 g/mol. The van der Waals surface area contributed by atoms with Crippen LogP contribution < -0.4 is 10.5 Å². The fraction of sp³-hybridized carbons (Fsp3) is 0.533. The van der Waals surface area contributed by atoms with Crippen LogP contribution in [-0.2, 0) is 9.53 Å². The maximum absolute atomic E-state index is 12.0.